The number of rotatable bonds is 4. The van der Waals surface area contributed by atoms with Gasteiger partial charge in [-0.2, -0.15) is 0 Å². The van der Waals surface area contributed by atoms with Crippen molar-refractivity contribution in [3.63, 3.8) is 0 Å². The molecule has 1 aliphatic rings. The third kappa shape index (κ3) is 3.42. The van der Waals surface area contributed by atoms with Crippen molar-refractivity contribution in [2.24, 2.45) is 0 Å². The van der Waals surface area contributed by atoms with Crippen LogP contribution in [0.1, 0.15) is 54.1 Å². The van der Waals surface area contributed by atoms with E-state index in [2.05, 4.69) is 83.6 Å². The second-order valence-corrected chi connectivity index (χ2v) is 8.37. The lowest BCUT2D eigenvalue weighted by molar-refractivity contribution is 0.269. The van der Waals surface area contributed by atoms with E-state index < -0.39 is 0 Å². The van der Waals surface area contributed by atoms with Gasteiger partial charge < -0.3 is 14.8 Å². The Kier molecular flexibility index (Phi) is 5.13. The standard InChI is InChI=1S/C23H27N5S/c1-14(2)27-22(21(26-23(27)29)19-8-6-7-11-24-19)18-12-16(4)28(17(18)5)20-10-9-15(3)13-25-20/h6-14,21-22H,1-5H3,(H,26,29)/t21-,22-/m0/s1. The molecule has 1 fully saturated rings. The van der Waals surface area contributed by atoms with E-state index in [1.165, 1.54) is 11.3 Å². The van der Waals surface area contributed by atoms with Gasteiger partial charge in [0.05, 0.1) is 17.8 Å². The minimum atomic E-state index is 0.00558. The van der Waals surface area contributed by atoms with Gasteiger partial charge in [0.25, 0.3) is 0 Å². The largest absolute Gasteiger partial charge is 0.352 e. The maximum absolute atomic E-state index is 5.73. The van der Waals surface area contributed by atoms with Crippen LogP contribution in [0.25, 0.3) is 5.82 Å². The summed E-state index contributed by atoms with van der Waals surface area (Å²) in [4.78, 5) is 11.6. The minimum absolute atomic E-state index is 0.00558. The smallest absolute Gasteiger partial charge is 0.170 e. The fourth-order valence-corrected chi connectivity index (χ4v) is 4.74. The zero-order chi connectivity index (χ0) is 20.7. The molecule has 0 spiro atoms. The average Bonchev–Trinajstić information content (AvgIpc) is 3.19. The summed E-state index contributed by atoms with van der Waals surface area (Å²) in [5.41, 5.74) is 5.75. The highest BCUT2D eigenvalue weighted by Crippen LogP contribution is 2.42. The summed E-state index contributed by atoms with van der Waals surface area (Å²) < 4.78 is 2.23. The van der Waals surface area contributed by atoms with Crippen LogP contribution in [-0.4, -0.2) is 30.6 Å². The lowest BCUT2D eigenvalue weighted by atomic mass is 9.96. The highest BCUT2D eigenvalue weighted by atomic mass is 32.1. The topological polar surface area (TPSA) is 46.0 Å². The molecule has 0 bridgehead atoms. The highest BCUT2D eigenvalue weighted by Gasteiger charge is 2.42. The number of nitrogens with zero attached hydrogens (tertiary/aromatic N) is 4. The van der Waals surface area contributed by atoms with Crippen LogP contribution in [0.3, 0.4) is 0 Å². The molecule has 150 valence electrons. The van der Waals surface area contributed by atoms with Crippen LogP contribution in [0.15, 0.2) is 48.8 Å². The maximum Gasteiger partial charge on any atom is 0.170 e. The van der Waals surface area contributed by atoms with E-state index in [-0.39, 0.29) is 18.1 Å². The molecule has 29 heavy (non-hydrogen) atoms. The fourth-order valence-electron chi connectivity index (χ4n) is 4.29. The first-order chi connectivity index (χ1) is 13.9. The number of pyridine rings is 2. The molecule has 1 N–H and O–H groups in total. The van der Waals surface area contributed by atoms with Crippen molar-refractivity contribution in [2.45, 2.75) is 52.7 Å². The Balaban J connectivity index is 1.85. The Morgan fingerprint density at radius 1 is 1.07 bits per heavy atom. The van der Waals surface area contributed by atoms with Gasteiger partial charge in [-0.15, -0.1) is 0 Å². The van der Waals surface area contributed by atoms with Gasteiger partial charge in [-0.05, 0) is 82.2 Å². The predicted octanol–water partition coefficient (Wildman–Crippen LogP) is 4.57. The van der Waals surface area contributed by atoms with Crippen LogP contribution >= 0.6 is 12.2 Å². The Morgan fingerprint density at radius 3 is 2.48 bits per heavy atom. The molecule has 0 saturated carbocycles. The summed E-state index contributed by atoms with van der Waals surface area (Å²) in [5.74, 6) is 0.941. The first kappa shape index (κ1) is 19.6. The first-order valence-electron chi connectivity index (χ1n) is 10.00. The summed E-state index contributed by atoms with van der Waals surface area (Å²) in [6, 6.07) is 12.8. The van der Waals surface area contributed by atoms with E-state index in [0.29, 0.717) is 0 Å². The fraction of sp³-hybridized carbons (Fsp3) is 0.348. The molecule has 0 radical (unpaired) electrons. The summed E-state index contributed by atoms with van der Waals surface area (Å²) >= 11 is 5.73. The van der Waals surface area contributed by atoms with Gasteiger partial charge in [0.1, 0.15) is 5.82 Å². The third-order valence-corrected chi connectivity index (χ3v) is 5.93. The van der Waals surface area contributed by atoms with Crippen LogP contribution in [0.4, 0.5) is 0 Å². The molecule has 6 heteroatoms. The highest BCUT2D eigenvalue weighted by molar-refractivity contribution is 7.80. The Labute approximate surface area is 177 Å². The van der Waals surface area contributed by atoms with Crippen molar-refractivity contribution in [2.75, 3.05) is 0 Å². The summed E-state index contributed by atoms with van der Waals surface area (Å²) in [6.45, 7) is 10.7. The molecular formula is C23H27N5S. The minimum Gasteiger partial charge on any atom is -0.352 e. The normalized spacial score (nSPS) is 19.1. The predicted molar refractivity (Wildman–Crippen MR) is 120 cm³/mol. The number of thiocarbonyl (C=S) groups is 1. The molecule has 4 rings (SSSR count). The quantitative estimate of drug-likeness (QED) is 0.644. The number of hydrogen-bond donors (Lipinski definition) is 1. The van der Waals surface area contributed by atoms with Gasteiger partial charge in [0, 0.05) is 29.8 Å². The van der Waals surface area contributed by atoms with Crippen molar-refractivity contribution in [1.82, 2.24) is 24.8 Å². The second-order valence-electron chi connectivity index (χ2n) is 7.98. The zero-order valence-corrected chi connectivity index (χ0v) is 18.4. The van der Waals surface area contributed by atoms with Gasteiger partial charge in [-0.3, -0.25) is 4.98 Å². The monoisotopic (exact) mass is 405 g/mol. The van der Waals surface area contributed by atoms with Gasteiger partial charge in [-0.1, -0.05) is 12.1 Å². The molecule has 2 atom stereocenters. The Bertz CT molecular complexity index is 1020. The number of nitrogens with one attached hydrogen (secondary N) is 1. The zero-order valence-electron chi connectivity index (χ0n) is 17.5. The number of hydrogen-bond acceptors (Lipinski definition) is 3. The van der Waals surface area contributed by atoms with Crippen molar-refractivity contribution in [1.29, 1.82) is 0 Å². The van der Waals surface area contributed by atoms with E-state index in [4.69, 9.17) is 12.2 Å². The molecule has 0 amide bonds. The Hall–Kier alpha value is -2.73. The van der Waals surface area contributed by atoms with Crippen molar-refractivity contribution in [3.8, 4) is 5.82 Å². The molecule has 4 heterocycles. The van der Waals surface area contributed by atoms with Crippen LogP contribution in [-0.2, 0) is 0 Å². The summed E-state index contributed by atoms with van der Waals surface area (Å²) in [7, 11) is 0. The van der Waals surface area contributed by atoms with Crippen LogP contribution < -0.4 is 5.32 Å². The van der Waals surface area contributed by atoms with Crippen molar-refractivity contribution < 1.29 is 0 Å². The molecule has 3 aromatic rings. The first-order valence-corrected chi connectivity index (χ1v) is 10.4. The molecule has 1 saturated heterocycles. The van der Waals surface area contributed by atoms with Crippen LogP contribution in [0.2, 0.25) is 0 Å². The van der Waals surface area contributed by atoms with Crippen LogP contribution in [0, 0.1) is 20.8 Å². The van der Waals surface area contributed by atoms with Crippen molar-refractivity contribution in [3.05, 3.63) is 77.0 Å². The van der Waals surface area contributed by atoms with E-state index >= 15 is 0 Å². The van der Waals surface area contributed by atoms with E-state index in [0.717, 1.165) is 27.9 Å². The maximum atomic E-state index is 5.73. The molecule has 1 aliphatic heterocycles. The van der Waals surface area contributed by atoms with Gasteiger partial charge in [0.15, 0.2) is 5.11 Å². The molecule has 3 aromatic heterocycles. The summed E-state index contributed by atoms with van der Waals surface area (Å²) in [6.07, 6.45) is 3.76. The van der Waals surface area contributed by atoms with Gasteiger partial charge in [-0.25, -0.2) is 4.98 Å². The van der Waals surface area contributed by atoms with E-state index in [1.54, 1.807) is 0 Å². The lowest BCUT2D eigenvalue weighted by Crippen LogP contribution is -2.35. The number of aromatic nitrogens is 3. The van der Waals surface area contributed by atoms with Crippen molar-refractivity contribution >= 4 is 17.3 Å². The molecule has 0 aromatic carbocycles. The van der Waals surface area contributed by atoms with E-state index in [9.17, 15) is 0 Å². The third-order valence-electron chi connectivity index (χ3n) is 5.61. The molecule has 0 aliphatic carbocycles. The van der Waals surface area contributed by atoms with Crippen LogP contribution in [0.5, 0.6) is 0 Å². The van der Waals surface area contributed by atoms with E-state index in [1.807, 2.05) is 24.5 Å². The lowest BCUT2D eigenvalue weighted by Gasteiger charge is -2.31. The molecule has 0 unspecified atom stereocenters. The average molecular weight is 406 g/mol. The SMILES string of the molecule is Cc1ccc(-n2c(C)cc([C@H]3[C@H](c4ccccn4)NC(=S)N3C(C)C)c2C)nc1. The molecule has 5 nitrogen and oxygen atoms in total. The van der Waals surface area contributed by atoms with Gasteiger partial charge >= 0.3 is 0 Å². The number of aryl methyl sites for hydroxylation is 2. The molecular weight excluding hydrogens is 378 g/mol. The second kappa shape index (κ2) is 7.59. The Morgan fingerprint density at radius 2 is 1.86 bits per heavy atom. The summed E-state index contributed by atoms with van der Waals surface area (Å²) in [5, 5.41) is 4.30. The van der Waals surface area contributed by atoms with Gasteiger partial charge in [0.2, 0.25) is 0 Å².